The van der Waals surface area contributed by atoms with Crippen LogP contribution in [-0.2, 0) is 19.2 Å². The predicted octanol–water partition coefficient (Wildman–Crippen LogP) is 3.41. The Morgan fingerprint density at radius 2 is 1.62 bits per heavy atom. The number of ether oxygens (including phenoxy) is 1. The predicted molar refractivity (Wildman–Crippen MR) is 118 cm³/mol. The van der Waals surface area contributed by atoms with Gasteiger partial charge in [0.2, 0.25) is 0 Å². The molecule has 0 heterocycles. The second-order valence-corrected chi connectivity index (χ2v) is 7.84. The number of carbonyl (C=O) groups is 3. The fraction of sp³-hybridized carbons (Fsp3) is 0.375. The zero-order valence-electron chi connectivity index (χ0n) is 18.4. The number of carboxylic acids is 1. The molecule has 0 fully saturated rings. The number of amides is 2. The standard InChI is InChI=1S/C24H28N2O6/c1-4-15(2)22(23(29)26(3)32-14-21(27)28)25-24(30)31-13-20-18-11-7-5-9-16(18)17-10-6-8-12-19(17)20/h5-12,15,20,22H,4,13-14H2,1-3H3,(H,25,30)(H,27,28)/t15?,22-/m0/s1. The first kappa shape index (κ1) is 23.3. The minimum atomic E-state index is -1.20. The van der Waals surface area contributed by atoms with Crippen LogP contribution in [-0.4, -0.2) is 54.4 Å². The smallest absolute Gasteiger partial charge is 0.407 e. The van der Waals surface area contributed by atoms with Crippen molar-refractivity contribution < 1.29 is 29.1 Å². The van der Waals surface area contributed by atoms with Crippen molar-refractivity contribution in [2.75, 3.05) is 20.3 Å². The Hall–Kier alpha value is -3.39. The SMILES string of the molecule is CCC(C)[C@H](NC(=O)OCC1c2ccccc2-c2ccccc21)C(=O)N(C)OCC(=O)O. The summed E-state index contributed by atoms with van der Waals surface area (Å²) in [6.07, 6.45) is -0.0931. The molecule has 0 radical (unpaired) electrons. The van der Waals surface area contributed by atoms with Gasteiger partial charge in [-0.2, -0.15) is 0 Å². The third-order valence-corrected chi connectivity index (χ3v) is 5.79. The third-order valence-electron chi connectivity index (χ3n) is 5.79. The van der Waals surface area contributed by atoms with Crippen molar-refractivity contribution in [3.63, 3.8) is 0 Å². The van der Waals surface area contributed by atoms with Crippen molar-refractivity contribution in [3.8, 4) is 11.1 Å². The summed E-state index contributed by atoms with van der Waals surface area (Å²) in [4.78, 5) is 41.0. The number of hydroxylamine groups is 2. The van der Waals surface area contributed by atoms with Crippen LogP contribution in [0.5, 0.6) is 0 Å². The van der Waals surface area contributed by atoms with Gasteiger partial charge in [-0.3, -0.25) is 9.63 Å². The van der Waals surface area contributed by atoms with Crippen molar-refractivity contribution in [2.24, 2.45) is 5.92 Å². The van der Waals surface area contributed by atoms with Crippen molar-refractivity contribution in [3.05, 3.63) is 59.7 Å². The molecule has 0 aromatic heterocycles. The number of benzene rings is 2. The minimum absolute atomic E-state index is 0.0903. The monoisotopic (exact) mass is 440 g/mol. The molecule has 0 saturated carbocycles. The lowest BCUT2D eigenvalue weighted by molar-refractivity contribution is -0.188. The Morgan fingerprint density at radius 1 is 1.06 bits per heavy atom. The van der Waals surface area contributed by atoms with E-state index < -0.39 is 30.6 Å². The van der Waals surface area contributed by atoms with Crippen LogP contribution in [0.25, 0.3) is 11.1 Å². The molecule has 0 aliphatic heterocycles. The van der Waals surface area contributed by atoms with E-state index in [0.717, 1.165) is 27.3 Å². The van der Waals surface area contributed by atoms with E-state index in [9.17, 15) is 14.4 Å². The first-order chi connectivity index (χ1) is 15.3. The summed E-state index contributed by atoms with van der Waals surface area (Å²) in [5.41, 5.74) is 4.44. The van der Waals surface area contributed by atoms with Gasteiger partial charge in [0, 0.05) is 13.0 Å². The van der Waals surface area contributed by atoms with Crippen LogP contribution >= 0.6 is 0 Å². The maximum atomic E-state index is 12.7. The highest BCUT2D eigenvalue weighted by atomic mass is 16.7. The number of fused-ring (bicyclic) bond motifs is 3. The van der Waals surface area contributed by atoms with Gasteiger partial charge >= 0.3 is 12.1 Å². The molecule has 1 unspecified atom stereocenters. The number of nitrogens with zero attached hydrogens (tertiary/aromatic N) is 1. The molecule has 32 heavy (non-hydrogen) atoms. The topological polar surface area (TPSA) is 105 Å². The summed E-state index contributed by atoms with van der Waals surface area (Å²) in [7, 11) is 1.32. The Morgan fingerprint density at radius 3 is 2.16 bits per heavy atom. The van der Waals surface area contributed by atoms with Crippen LogP contribution in [0, 0.1) is 5.92 Å². The van der Waals surface area contributed by atoms with E-state index in [1.807, 2.05) is 50.2 Å². The minimum Gasteiger partial charge on any atom is -0.479 e. The molecule has 8 heteroatoms. The molecule has 2 N–H and O–H groups in total. The lowest BCUT2D eigenvalue weighted by atomic mass is 9.98. The second kappa shape index (κ2) is 10.3. The first-order valence-electron chi connectivity index (χ1n) is 10.6. The summed E-state index contributed by atoms with van der Waals surface area (Å²) in [5, 5.41) is 12.2. The molecule has 2 amide bonds. The Bertz CT molecular complexity index is 946. The number of aliphatic carboxylic acids is 1. The van der Waals surface area contributed by atoms with E-state index in [1.54, 1.807) is 0 Å². The number of carbonyl (C=O) groups excluding carboxylic acids is 2. The highest BCUT2D eigenvalue weighted by Gasteiger charge is 2.32. The zero-order valence-corrected chi connectivity index (χ0v) is 18.4. The molecule has 0 bridgehead atoms. The lowest BCUT2D eigenvalue weighted by Crippen LogP contribution is -2.51. The summed E-state index contributed by atoms with van der Waals surface area (Å²) < 4.78 is 5.54. The number of nitrogens with one attached hydrogen (secondary N) is 1. The van der Waals surface area contributed by atoms with Gasteiger partial charge in [-0.25, -0.2) is 14.7 Å². The summed E-state index contributed by atoms with van der Waals surface area (Å²) >= 11 is 0. The third kappa shape index (κ3) is 5.08. The average molecular weight is 440 g/mol. The van der Waals surface area contributed by atoms with E-state index in [2.05, 4.69) is 17.4 Å². The Labute approximate surface area is 187 Å². The number of likely N-dealkylation sites (N-methyl/N-ethyl adjacent to an activating group) is 1. The summed E-state index contributed by atoms with van der Waals surface area (Å²) in [6, 6.07) is 15.1. The number of hydrogen-bond acceptors (Lipinski definition) is 5. The van der Waals surface area contributed by atoms with Crippen LogP contribution in [0.4, 0.5) is 4.79 Å². The molecule has 2 aromatic carbocycles. The molecular weight excluding hydrogens is 412 g/mol. The molecule has 3 rings (SSSR count). The normalized spacial score (nSPS) is 14.1. The number of carboxylic acid groups (broad SMARTS) is 1. The first-order valence-corrected chi connectivity index (χ1v) is 10.6. The van der Waals surface area contributed by atoms with Crippen molar-refractivity contribution in [1.82, 2.24) is 10.4 Å². The second-order valence-electron chi connectivity index (χ2n) is 7.84. The van der Waals surface area contributed by atoms with E-state index in [1.165, 1.54) is 7.05 Å². The molecule has 1 aliphatic carbocycles. The fourth-order valence-electron chi connectivity index (χ4n) is 3.86. The van der Waals surface area contributed by atoms with E-state index >= 15 is 0 Å². The van der Waals surface area contributed by atoms with Gasteiger partial charge in [-0.05, 0) is 28.2 Å². The molecule has 1 aliphatic rings. The average Bonchev–Trinajstić information content (AvgIpc) is 3.12. The van der Waals surface area contributed by atoms with Gasteiger partial charge in [-0.15, -0.1) is 0 Å². The Kier molecular flexibility index (Phi) is 7.48. The maximum absolute atomic E-state index is 12.7. The van der Waals surface area contributed by atoms with Crippen LogP contribution in [0.3, 0.4) is 0 Å². The molecule has 2 aromatic rings. The van der Waals surface area contributed by atoms with Crippen LogP contribution in [0.2, 0.25) is 0 Å². The number of hydrogen-bond donors (Lipinski definition) is 2. The molecule has 0 spiro atoms. The maximum Gasteiger partial charge on any atom is 0.407 e. The highest BCUT2D eigenvalue weighted by molar-refractivity contribution is 5.85. The molecule has 2 atom stereocenters. The lowest BCUT2D eigenvalue weighted by Gasteiger charge is -2.27. The number of rotatable bonds is 9. The van der Waals surface area contributed by atoms with Gasteiger partial charge in [0.1, 0.15) is 12.6 Å². The van der Waals surface area contributed by atoms with Crippen molar-refractivity contribution >= 4 is 18.0 Å². The van der Waals surface area contributed by atoms with Gasteiger partial charge in [0.15, 0.2) is 6.61 Å². The van der Waals surface area contributed by atoms with E-state index in [0.29, 0.717) is 6.42 Å². The van der Waals surface area contributed by atoms with Crippen molar-refractivity contribution in [2.45, 2.75) is 32.2 Å². The Balaban J connectivity index is 1.67. The highest BCUT2D eigenvalue weighted by Crippen LogP contribution is 2.44. The van der Waals surface area contributed by atoms with Gasteiger partial charge in [0.25, 0.3) is 5.91 Å². The van der Waals surface area contributed by atoms with Gasteiger partial charge < -0.3 is 15.2 Å². The van der Waals surface area contributed by atoms with Crippen LogP contribution in [0.1, 0.15) is 37.3 Å². The fourth-order valence-corrected chi connectivity index (χ4v) is 3.86. The number of alkyl carbamates (subject to hydrolysis) is 1. The summed E-state index contributed by atoms with van der Waals surface area (Å²) in [6.45, 7) is 3.19. The van der Waals surface area contributed by atoms with E-state index in [-0.39, 0.29) is 18.4 Å². The molecule has 8 nitrogen and oxygen atoms in total. The van der Waals surface area contributed by atoms with Crippen LogP contribution in [0.15, 0.2) is 48.5 Å². The summed E-state index contributed by atoms with van der Waals surface area (Å²) in [5.74, 6) is -2.05. The molecule has 0 saturated heterocycles. The quantitative estimate of drug-likeness (QED) is 0.579. The molecule has 170 valence electrons. The van der Waals surface area contributed by atoms with Crippen molar-refractivity contribution in [1.29, 1.82) is 0 Å². The largest absolute Gasteiger partial charge is 0.479 e. The van der Waals surface area contributed by atoms with Gasteiger partial charge in [0.05, 0.1) is 0 Å². The van der Waals surface area contributed by atoms with Crippen LogP contribution < -0.4 is 5.32 Å². The van der Waals surface area contributed by atoms with Gasteiger partial charge in [-0.1, -0.05) is 68.8 Å². The molecular formula is C24H28N2O6. The zero-order chi connectivity index (χ0) is 23.3. The van der Waals surface area contributed by atoms with E-state index in [4.69, 9.17) is 14.7 Å².